The Balaban J connectivity index is 3.07. The quantitative estimate of drug-likeness (QED) is 0.839. The Morgan fingerprint density at radius 1 is 1.36 bits per heavy atom. The Hall–Kier alpha value is -0.130. The third kappa shape index (κ3) is 2.68. The van der Waals surface area contributed by atoms with E-state index >= 15 is 0 Å². The van der Waals surface area contributed by atoms with Crippen LogP contribution in [-0.4, -0.2) is 6.67 Å². The van der Waals surface area contributed by atoms with Gasteiger partial charge in [-0.25, -0.2) is 0 Å². The summed E-state index contributed by atoms with van der Waals surface area (Å²) < 4.78 is 13.8. The van der Waals surface area contributed by atoms with E-state index in [0.717, 1.165) is 14.5 Å². The molecule has 1 rings (SSSR count). The Bertz CT molecular complexity index is 331. The smallest absolute Gasteiger partial charge is 0.0912 e. The van der Waals surface area contributed by atoms with Crippen LogP contribution < -0.4 is 11.5 Å². The highest BCUT2D eigenvalue weighted by Gasteiger charge is 2.12. The molecule has 14 heavy (non-hydrogen) atoms. The summed E-state index contributed by atoms with van der Waals surface area (Å²) in [6.45, 7) is -0.440. The normalized spacial score (nSPS) is 12.9. The maximum atomic E-state index is 12.1. The lowest BCUT2D eigenvalue weighted by atomic mass is 10.0. The molecule has 0 saturated carbocycles. The van der Waals surface area contributed by atoms with Gasteiger partial charge in [-0.05, 0) is 40.0 Å². The fraction of sp³-hybridized carbons (Fsp3) is 0.333. The number of hydrogen-bond donors (Lipinski definition) is 2. The van der Waals surface area contributed by atoms with Gasteiger partial charge in [-0.3, -0.25) is 4.39 Å². The molecule has 0 aromatic heterocycles. The van der Waals surface area contributed by atoms with Gasteiger partial charge in [0.25, 0.3) is 0 Å². The first-order chi connectivity index (χ1) is 6.56. The SMILES string of the molecule is Nc1c(Br)cc(Br)cc1[C@H](N)CCF. The van der Waals surface area contributed by atoms with Crippen molar-refractivity contribution >= 4 is 37.5 Å². The molecular weight excluding hydrogens is 315 g/mol. The van der Waals surface area contributed by atoms with Crippen LogP contribution in [0.1, 0.15) is 18.0 Å². The first-order valence-electron chi connectivity index (χ1n) is 4.12. The van der Waals surface area contributed by atoms with Crippen LogP contribution in [0.25, 0.3) is 0 Å². The minimum atomic E-state index is -0.440. The first-order valence-corrected chi connectivity index (χ1v) is 5.70. The van der Waals surface area contributed by atoms with Gasteiger partial charge in [-0.2, -0.15) is 0 Å². The van der Waals surface area contributed by atoms with Crippen LogP contribution >= 0.6 is 31.9 Å². The molecule has 1 atom stereocenters. The largest absolute Gasteiger partial charge is 0.398 e. The van der Waals surface area contributed by atoms with E-state index in [-0.39, 0.29) is 12.5 Å². The van der Waals surface area contributed by atoms with Gasteiger partial charge in [-0.15, -0.1) is 0 Å². The summed E-state index contributed by atoms with van der Waals surface area (Å²) in [7, 11) is 0. The molecule has 1 aromatic rings. The van der Waals surface area contributed by atoms with Crippen molar-refractivity contribution in [2.45, 2.75) is 12.5 Å². The third-order valence-corrected chi connectivity index (χ3v) is 3.06. The second-order valence-corrected chi connectivity index (χ2v) is 4.74. The first kappa shape index (κ1) is 11.9. The van der Waals surface area contributed by atoms with Crippen molar-refractivity contribution in [3.8, 4) is 0 Å². The molecule has 0 aliphatic rings. The van der Waals surface area contributed by atoms with E-state index in [2.05, 4.69) is 31.9 Å². The number of benzene rings is 1. The molecule has 0 fully saturated rings. The summed E-state index contributed by atoms with van der Waals surface area (Å²) in [5.74, 6) is 0. The van der Waals surface area contributed by atoms with Crippen molar-refractivity contribution in [1.29, 1.82) is 0 Å². The summed E-state index contributed by atoms with van der Waals surface area (Å²) in [5, 5.41) is 0. The van der Waals surface area contributed by atoms with Crippen molar-refractivity contribution in [2.24, 2.45) is 5.73 Å². The molecule has 0 aliphatic heterocycles. The predicted octanol–water partition coefficient (Wildman–Crippen LogP) is 3.15. The van der Waals surface area contributed by atoms with Crippen LogP contribution in [0.3, 0.4) is 0 Å². The summed E-state index contributed by atoms with van der Waals surface area (Å²) >= 11 is 6.64. The molecule has 78 valence electrons. The third-order valence-electron chi connectivity index (χ3n) is 1.95. The van der Waals surface area contributed by atoms with E-state index in [0.29, 0.717) is 5.69 Å². The molecular formula is C9H11Br2FN2. The lowest BCUT2D eigenvalue weighted by molar-refractivity contribution is 0.442. The van der Waals surface area contributed by atoms with Crippen LogP contribution in [0.5, 0.6) is 0 Å². The number of alkyl halides is 1. The average Bonchev–Trinajstić information content (AvgIpc) is 2.11. The molecule has 0 heterocycles. The fourth-order valence-electron chi connectivity index (χ4n) is 1.18. The number of nitrogens with two attached hydrogens (primary N) is 2. The highest BCUT2D eigenvalue weighted by atomic mass is 79.9. The van der Waals surface area contributed by atoms with Gasteiger partial charge in [0.1, 0.15) is 0 Å². The van der Waals surface area contributed by atoms with Crippen molar-refractivity contribution in [3.05, 3.63) is 26.6 Å². The second-order valence-electron chi connectivity index (χ2n) is 2.97. The van der Waals surface area contributed by atoms with E-state index in [1.165, 1.54) is 0 Å². The van der Waals surface area contributed by atoms with E-state index in [4.69, 9.17) is 11.5 Å². The number of nitrogen functional groups attached to an aromatic ring is 1. The number of anilines is 1. The van der Waals surface area contributed by atoms with Crippen molar-refractivity contribution in [1.82, 2.24) is 0 Å². The summed E-state index contributed by atoms with van der Waals surface area (Å²) in [6.07, 6.45) is 0.285. The molecule has 2 nitrogen and oxygen atoms in total. The lowest BCUT2D eigenvalue weighted by Gasteiger charge is -2.14. The zero-order valence-corrected chi connectivity index (χ0v) is 10.6. The fourth-order valence-corrected chi connectivity index (χ4v) is 2.44. The van der Waals surface area contributed by atoms with Gasteiger partial charge in [0.2, 0.25) is 0 Å². The van der Waals surface area contributed by atoms with Crippen LogP contribution in [0.4, 0.5) is 10.1 Å². The molecule has 0 unspecified atom stereocenters. The topological polar surface area (TPSA) is 52.0 Å². The monoisotopic (exact) mass is 324 g/mol. The molecule has 0 aliphatic carbocycles. The molecule has 0 radical (unpaired) electrons. The zero-order chi connectivity index (χ0) is 10.7. The highest BCUT2D eigenvalue weighted by molar-refractivity contribution is 9.11. The Morgan fingerprint density at radius 3 is 2.57 bits per heavy atom. The number of hydrogen-bond acceptors (Lipinski definition) is 2. The van der Waals surface area contributed by atoms with Crippen molar-refractivity contribution < 1.29 is 4.39 Å². The minimum absolute atomic E-state index is 0.285. The maximum Gasteiger partial charge on any atom is 0.0912 e. The molecule has 0 bridgehead atoms. The number of halogens is 3. The van der Waals surface area contributed by atoms with Crippen molar-refractivity contribution in [3.63, 3.8) is 0 Å². The van der Waals surface area contributed by atoms with Gasteiger partial charge in [0.15, 0.2) is 0 Å². The maximum absolute atomic E-state index is 12.1. The standard InChI is InChI=1S/C9H11Br2FN2/c10-5-3-6(8(13)1-2-12)9(14)7(11)4-5/h3-4,8H,1-2,13-14H2/t8-/m1/s1. The van der Waals surface area contributed by atoms with E-state index in [1.54, 1.807) is 0 Å². The Kier molecular flexibility index (Phi) is 4.34. The lowest BCUT2D eigenvalue weighted by Crippen LogP contribution is -2.13. The van der Waals surface area contributed by atoms with Gasteiger partial charge in [0, 0.05) is 15.0 Å². The predicted molar refractivity (Wildman–Crippen MR) is 63.8 cm³/mol. The molecule has 0 amide bonds. The number of rotatable bonds is 3. The van der Waals surface area contributed by atoms with Crippen molar-refractivity contribution in [2.75, 3.05) is 12.4 Å². The van der Waals surface area contributed by atoms with Gasteiger partial charge < -0.3 is 11.5 Å². The van der Waals surface area contributed by atoms with E-state index in [1.807, 2.05) is 12.1 Å². The summed E-state index contributed by atoms with van der Waals surface area (Å²) in [6, 6.07) is 3.30. The highest BCUT2D eigenvalue weighted by Crippen LogP contribution is 2.32. The van der Waals surface area contributed by atoms with Crippen LogP contribution in [0.15, 0.2) is 21.1 Å². The summed E-state index contributed by atoms with van der Waals surface area (Å²) in [4.78, 5) is 0. The van der Waals surface area contributed by atoms with Crippen LogP contribution in [0.2, 0.25) is 0 Å². The molecule has 5 heteroatoms. The van der Waals surface area contributed by atoms with E-state index < -0.39 is 6.67 Å². The van der Waals surface area contributed by atoms with Gasteiger partial charge in [0.05, 0.1) is 12.4 Å². The molecule has 0 spiro atoms. The molecule has 0 saturated heterocycles. The second kappa shape index (κ2) is 5.09. The Labute approximate surface area is 99.1 Å². The molecule has 1 aromatic carbocycles. The van der Waals surface area contributed by atoms with Crippen LogP contribution in [0, 0.1) is 0 Å². The summed E-state index contributed by atoms with van der Waals surface area (Å²) in [5.41, 5.74) is 12.9. The Morgan fingerprint density at radius 2 is 2.00 bits per heavy atom. The van der Waals surface area contributed by atoms with Gasteiger partial charge >= 0.3 is 0 Å². The van der Waals surface area contributed by atoms with Gasteiger partial charge in [-0.1, -0.05) is 15.9 Å². The van der Waals surface area contributed by atoms with E-state index in [9.17, 15) is 4.39 Å². The van der Waals surface area contributed by atoms with Crippen LogP contribution in [-0.2, 0) is 0 Å². The zero-order valence-electron chi connectivity index (χ0n) is 7.43. The average molecular weight is 326 g/mol. The molecule has 4 N–H and O–H groups in total. The minimum Gasteiger partial charge on any atom is -0.398 e.